The van der Waals surface area contributed by atoms with E-state index in [0.29, 0.717) is 66.9 Å². The van der Waals surface area contributed by atoms with E-state index >= 15 is 0 Å². The number of aliphatic imine (C=N–C) groups is 1. The number of urea groups is 1. The van der Waals surface area contributed by atoms with Crippen molar-refractivity contribution in [3.63, 3.8) is 0 Å². The second-order valence-corrected chi connectivity index (χ2v) is 12.3. The zero-order valence-electron chi connectivity index (χ0n) is 24.3. The van der Waals surface area contributed by atoms with Crippen LogP contribution in [-0.2, 0) is 27.3 Å². The molecule has 6 rings (SSSR count). The van der Waals surface area contributed by atoms with Crippen LogP contribution in [-0.4, -0.2) is 94.5 Å². The molecule has 14 heteroatoms. The number of aliphatic carboxylic acids is 1. The molecular formula is C31H30ClFN6O5S. The fourth-order valence-corrected chi connectivity index (χ4v) is 6.83. The van der Waals surface area contributed by atoms with E-state index in [1.165, 1.54) is 36.6 Å². The fraction of sp³-hybridized carbons (Fsp3) is 0.323. The summed E-state index contributed by atoms with van der Waals surface area (Å²) >= 11 is 7.86. The molecule has 45 heavy (non-hydrogen) atoms. The van der Waals surface area contributed by atoms with E-state index in [1.54, 1.807) is 23.2 Å². The molecule has 0 aliphatic carbocycles. The normalized spacial score (nSPS) is 20.2. The average Bonchev–Trinajstić information content (AvgIpc) is 3.66. The minimum absolute atomic E-state index is 0.0382. The Bertz CT molecular complexity index is 1680. The number of ether oxygens (including phenoxy) is 1. The summed E-state index contributed by atoms with van der Waals surface area (Å²) in [5, 5.41) is 14.9. The van der Waals surface area contributed by atoms with E-state index in [1.807, 2.05) is 22.4 Å². The third-order valence-electron chi connectivity index (χ3n) is 8.07. The second-order valence-electron chi connectivity index (χ2n) is 11.0. The summed E-state index contributed by atoms with van der Waals surface area (Å²) in [5.74, 6) is -1.51. The Morgan fingerprint density at radius 1 is 1.13 bits per heavy atom. The van der Waals surface area contributed by atoms with Gasteiger partial charge < -0.3 is 25.0 Å². The first-order valence-electron chi connectivity index (χ1n) is 14.3. The van der Waals surface area contributed by atoms with Gasteiger partial charge in [0.1, 0.15) is 11.9 Å². The molecule has 2 fully saturated rings. The number of rotatable bonds is 9. The number of carbonyl (C=O) groups excluding carboxylic acids is 2. The number of aromatic nitrogens is 1. The predicted molar refractivity (Wildman–Crippen MR) is 166 cm³/mol. The van der Waals surface area contributed by atoms with Crippen molar-refractivity contribution in [3.8, 4) is 0 Å². The number of thiazole rings is 1. The Morgan fingerprint density at radius 3 is 2.60 bits per heavy atom. The smallest absolute Gasteiger partial charge is 0.338 e. The van der Waals surface area contributed by atoms with Crippen LogP contribution in [0.1, 0.15) is 27.7 Å². The molecule has 4 heterocycles. The van der Waals surface area contributed by atoms with Gasteiger partial charge >= 0.3 is 18.0 Å². The first kappa shape index (κ1) is 30.7. The standard InChI is InChI=1S/C31H30ClFN6O5S/c1-44-30(42)26-24(35-28(29-34-8-11-45-29)36-27(26)22-7-6-20(33)13-23(22)32)17-37-9-10-39-21(15-37)16-38(31(39)43)14-19-4-2-18(3-5-19)12-25(40)41/h2-8,11,13,21,27H,9-10,12,14-17H2,1H3,(H,35,36)(H,40,41). The number of halogens is 2. The van der Waals surface area contributed by atoms with Crippen LogP contribution in [0.2, 0.25) is 5.02 Å². The average molecular weight is 653 g/mol. The van der Waals surface area contributed by atoms with Crippen LogP contribution in [0.25, 0.3) is 0 Å². The molecular weight excluding hydrogens is 623 g/mol. The topological polar surface area (TPSA) is 128 Å². The predicted octanol–water partition coefficient (Wildman–Crippen LogP) is 3.70. The van der Waals surface area contributed by atoms with Crippen LogP contribution in [0.3, 0.4) is 0 Å². The van der Waals surface area contributed by atoms with E-state index < -0.39 is 23.8 Å². The highest BCUT2D eigenvalue weighted by atomic mass is 35.5. The largest absolute Gasteiger partial charge is 0.481 e. The highest BCUT2D eigenvalue weighted by Crippen LogP contribution is 2.37. The molecule has 11 nitrogen and oxygen atoms in total. The van der Waals surface area contributed by atoms with E-state index in [9.17, 15) is 18.8 Å². The van der Waals surface area contributed by atoms with Crippen molar-refractivity contribution in [3.05, 3.63) is 97.8 Å². The number of hydrogen-bond donors (Lipinski definition) is 2. The number of benzene rings is 2. The number of esters is 1. The number of fused-ring (bicyclic) bond motifs is 1. The van der Waals surface area contributed by atoms with E-state index in [-0.39, 0.29) is 29.1 Å². The third kappa shape index (κ3) is 6.56. The maximum atomic E-state index is 14.0. The second kappa shape index (κ2) is 13.0. The number of nitrogens with zero attached hydrogens (tertiary/aromatic N) is 5. The molecule has 2 saturated heterocycles. The summed E-state index contributed by atoms with van der Waals surface area (Å²) < 4.78 is 19.1. The highest BCUT2D eigenvalue weighted by Gasteiger charge is 2.41. The Hall–Kier alpha value is -4.33. The van der Waals surface area contributed by atoms with Gasteiger partial charge in [0.05, 0.1) is 25.1 Å². The van der Waals surface area contributed by atoms with Crippen molar-refractivity contribution in [2.75, 3.05) is 39.8 Å². The van der Waals surface area contributed by atoms with Gasteiger partial charge in [-0.1, -0.05) is 41.9 Å². The summed E-state index contributed by atoms with van der Waals surface area (Å²) in [5.41, 5.74) is 2.93. The Morgan fingerprint density at radius 2 is 1.91 bits per heavy atom. The van der Waals surface area contributed by atoms with Gasteiger partial charge in [-0.2, -0.15) is 0 Å². The van der Waals surface area contributed by atoms with Crippen LogP contribution in [0.4, 0.5) is 9.18 Å². The molecule has 2 aromatic carbocycles. The quantitative estimate of drug-likeness (QED) is 0.335. The Labute approximate surface area is 267 Å². The van der Waals surface area contributed by atoms with Crippen LogP contribution in [0, 0.1) is 5.82 Å². The summed E-state index contributed by atoms with van der Waals surface area (Å²) in [6.07, 6.45) is 1.61. The van der Waals surface area contributed by atoms with Crippen molar-refractivity contribution in [2.24, 2.45) is 4.99 Å². The first-order valence-corrected chi connectivity index (χ1v) is 15.5. The summed E-state index contributed by atoms with van der Waals surface area (Å²) in [6.45, 7) is 2.96. The minimum atomic E-state index is -0.890. The maximum absolute atomic E-state index is 14.0. The maximum Gasteiger partial charge on any atom is 0.338 e. The molecule has 1 aromatic heterocycles. The third-order valence-corrected chi connectivity index (χ3v) is 9.18. The lowest BCUT2D eigenvalue weighted by Gasteiger charge is -2.38. The number of nitrogens with one attached hydrogen (secondary N) is 1. The zero-order chi connectivity index (χ0) is 31.7. The van der Waals surface area contributed by atoms with Crippen molar-refractivity contribution in [1.29, 1.82) is 0 Å². The number of amidine groups is 1. The fourth-order valence-electron chi connectivity index (χ4n) is 5.97. The van der Waals surface area contributed by atoms with Crippen molar-refractivity contribution >= 4 is 46.7 Å². The lowest BCUT2D eigenvalue weighted by atomic mass is 9.95. The van der Waals surface area contributed by atoms with Gasteiger partial charge in [0, 0.05) is 67.1 Å². The van der Waals surface area contributed by atoms with Gasteiger partial charge in [0.15, 0.2) is 10.8 Å². The SMILES string of the molecule is COC(=O)C1=C(CN2CCN3C(=O)N(Cc4ccc(CC(=O)O)cc4)CC3C2)NC(c2nccs2)=NC1c1ccc(F)cc1Cl. The number of carbonyl (C=O) groups is 3. The molecule has 3 aromatic rings. The molecule has 0 spiro atoms. The van der Waals surface area contributed by atoms with E-state index in [0.717, 1.165) is 5.56 Å². The van der Waals surface area contributed by atoms with Crippen molar-refractivity contribution < 1.29 is 28.6 Å². The molecule has 234 valence electrons. The van der Waals surface area contributed by atoms with Gasteiger partial charge in [-0.05, 0) is 23.3 Å². The summed E-state index contributed by atoms with van der Waals surface area (Å²) in [7, 11) is 1.30. The number of carboxylic acids is 1. The monoisotopic (exact) mass is 652 g/mol. The van der Waals surface area contributed by atoms with Gasteiger partial charge in [0.2, 0.25) is 0 Å². The van der Waals surface area contributed by atoms with E-state index in [2.05, 4.69) is 15.2 Å². The van der Waals surface area contributed by atoms with Gasteiger partial charge in [-0.15, -0.1) is 11.3 Å². The van der Waals surface area contributed by atoms with Crippen LogP contribution < -0.4 is 5.32 Å². The number of amides is 2. The molecule has 2 amide bonds. The number of carboxylic acid groups (broad SMARTS) is 1. The van der Waals surface area contributed by atoms with Crippen LogP contribution >= 0.6 is 22.9 Å². The summed E-state index contributed by atoms with van der Waals surface area (Å²) in [4.78, 5) is 52.6. The van der Waals surface area contributed by atoms with Crippen molar-refractivity contribution in [2.45, 2.75) is 25.0 Å². The van der Waals surface area contributed by atoms with Crippen molar-refractivity contribution in [1.82, 2.24) is 25.0 Å². The lowest BCUT2D eigenvalue weighted by molar-refractivity contribution is -0.137. The molecule has 2 unspecified atom stereocenters. The zero-order valence-corrected chi connectivity index (χ0v) is 25.9. The molecule has 2 N–H and O–H groups in total. The molecule has 0 saturated carbocycles. The lowest BCUT2D eigenvalue weighted by Crippen LogP contribution is -2.53. The molecule has 3 aliphatic heterocycles. The minimum Gasteiger partial charge on any atom is -0.481 e. The number of piperazine rings is 1. The van der Waals surface area contributed by atoms with Gasteiger partial charge in [0.25, 0.3) is 0 Å². The van der Waals surface area contributed by atoms with Crippen LogP contribution in [0.5, 0.6) is 0 Å². The Balaban J connectivity index is 1.22. The number of methoxy groups -OCH3 is 1. The molecule has 2 atom stereocenters. The molecule has 0 bridgehead atoms. The Kier molecular flexibility index (Phi) is 8.83. The molecule has 0 radical (unpaired) electrons. The highest BCUT2D eigenvalue weighted by molar-refractivity contribution is 7.11. The van der Waals surface area contributed by atoms with Gasteiger partial charge in [-0.25, -0.2) is 19.0 Å². The van der Waals surface area contributed by atoms with Crippen LogP contribution in [0.15, 0.2) is 70.3 Å². The number of hydrogen-bond acceptors (Lipinski definition) is 9. The molecule has 3 aliphatic rings. The summed E-state index contributed by atoms with van der Waals surface area (Å²) in [6, 6.07) is 10.3. The van der Waals surface area contributed by atoms with E-state index in [4.69, 9.17) is 26.4 Å². The van der Waals surface area contributed by atoms with Gasteiger partial charge in [-0.3, -0.25) is 14.7 Å². The first-order chi connectivity index (χ1) is 21.7.